The van der Waals surface area contributed by atoms with Crippen LogP contribution in [0.3, 0.4) is 0 Å². The van der Waals surface area contributed by atoms with Crippen LogP contribution in [0.25, 0.3) is 0 Å². The van der Waals surface area contributed by atoms with Crippen LogP contribution in [0.2, 0.25) is 0 Å². The third kappa shape index (κ3) is 2.38. The fraction of sp³-hybridized carbons (Fsp3) is 0.600. The Labute approximate surface area is 108 Å². The summed E-state index contributed by atoms with van der Waals surface area (Å²) in [5.74, 6) is 0.894. The monoisotopic (exact) mass is 248 g/mol. The van der Waals surface area contributed by atoms with Crippen LogP contribution < -0.4 is 4.74 Å². The highest BCUT2D eigenvalue weighted by Crippen LogP contribution is 2.33. The molecule has 0 bridgehead atoms. The van der Waals surface area contributed by atoms with Gasteiger partial charge in [-0.3, -0.25) is 0 Å². The predicted octanol–water partition coefficient (Wildman–Crippen LogP) is 2.61. The number of rotatable bonds is 3. The van der Waals surface area contributed by atoms with Gasteiger partial charge in [0, 0.05) is 0 Å². The van der Waals surface area contributed by atoms with Crippen molar-refractivity contribution in [2.45, 2.75) is 50.9 Å². The fourth-order valence-corrected chi connectivity index (χ4v) is 2.86. The summed E-state index contributed by atoms with van der Waals surface area (Å²) in [6, 6.07) is 6.00. The van der Waals surface area contributed by atoms with Gasteiger partial charge in [-0.15, -0.1) is 0 Å². The van der Waals surface area contributed by atoms with E-state index in [1.807, 2.05) is 12.1 Å². The summed E-state index contributed by atoms with van der Waals surface area (Å²) in [6.45, 7) is 2.74. The minimum absolute atomic E-state index is 0.235. The van der Waals surface area contributed by atoms with Gasteiger partial charge in [0.2, 0.25) is 0 Å². The maximum atomic E-state index is 9.74. The highest BCUT2D eigenvalue weighted by Gasteiger charge is 2.23. The molecule has 0 spiro atoms. The first kappa shape index (κ1) is 12.0. The first-order chi connectivity index (χ1) is 8.72. The molecular formula is C15H20O3. The lowest BCUT2D eigenvalue weighted by atomic mass is 10.1. The summed E-state index contributed by atoms with van der Waals surface area (Å²) < 4.78 is 11.5. The molecule has 3 nitrogen and oxygen atoms in total. The summed E-state index contributed by atoms with van der Waals surface area (Å²) in [6.07, 6.45) is 4.32. The summed E-state index contributed by atoms with van der Waals surface area (Å²) in [5.41, 5.74) is 2.29. The number of ether oxygens (including phenoxy) is 2. The van der Waals surface area contributed by atoms with Crippen molar-refractivity contribution in [2.75, 3.05) is 6.61 Å². The first-order valence-corrected chi connectivity index (χ1v) is 6.81. The highest BCUT2D eigenvalue weighted by molar-refractivity contribution is 5.39. The van der Waals surface area contributed by atoms with Crippen LogP contribution in [0.4, 0.5) is 0 Å². The molecule has 1 heterocycles. The molecule has 1 fully saturated rings. The normalized spacial score (nSPS) is 30.4. The van der Waals surface area contributed by atoms with Gasteiger partial charge in [-0.05, 0) is 55.9 Å². The minimum Gasteiger partial charge on any atom is -0.491 e. The van der Waals surface area contributed by atoms with Crippen molar-refractivity contribution in [1.82, 2.24) is 0 Å². The highest BCUT2D eigenvalue weighted by atomic mass is 16.5. The zero-order valence-corrected chi connectivity index (χ0v) is 10.8. The number of benzene rings is 1. The second-order valence-corrected chi connectivity index (χ2v) is 5.37. The van der Waals surface area contributed by atoms with Gasteiger partial charge in [0.05, 0.1) is 18.3 Å². The van der Waals surface area contributed by atoms with Crippen LogP contribution in [-0.2, 0) is 11.2 Å². The Kier molecular flexibility index (Phi) is 3.27. The average Bonchev–Trinajstić information content (AvgIpc) is 2.94. The second kappa shape index (κ2) is 4.90. The maximum Gasteiger partial charge on any atom is 0.119 e. The number of fused-ring (bicyclic) bond motifs is 1. The number of hydrogen-bond donors (Lipinski definition) is 1. The molecule has 1 aliphatic carbocycles. The lowest BCUT2D eigenvalue weighted by Gasteiger charge is -2.13. The Morgan fingerprint density at radius 3 is 3.00 bits per heavy atom. The quantitative estimate of drug-likeness (QED) is 0.893. The lowest BCUT2D eigenvalue weighted by Crippen LogP contribution is -2.17. The van der Waals surface area contributed by atoms with Crippen LogP contribution in [-0.4, -0.2) is 23.9 Å². The largest absolute Gasteiger partial charge is 0.491 e. The Morgan fingerprint density at radius 1 is 1.33 bits per heavy atom. The van der Waals surface area contributed by atoms with E-state index >= 15 is 0 Å². The van der Waals surface area contributed by atoms with E-state index in [2.05, 4.69) is 13.0 Å². The summed E-state index contributed by atoms with van der Waals surface area (Å²) in [4.78, 5) is 0. The number of aliphatic hydroxyl groups excluding tert-OH is 1. The molecule has 18 heavy (non-hydrogen) atoms. The molecule has 1 aliphatic heterocycles. The van der Waals surface area contributed by atoms with E-state index in [-0.39, 0.29) is 12.2 Å². The molecule has 3 heteroatoms. The van der Waals surface area contributed by atoms with E-state index in [1.54, 1.807) is 0 Å². The molecular weight excluding hydrogens is 228 g/mol. The van der Waals surface area contributed by atoms with Gasteiger partial charge in [0.1, 0.15) is 12.4 Å². The SMILES string of the molecule is CC1CCC(COc2ccc3c(c2)CCC3O)O1. The second-order valence-electron chi connectivity index (χ2n) is 5.37. The van der Waals surface area contributed by atoms with E-state index in [9.17, 15) is 5.11 Å². The van der Waals surface area contributed by atoms with E-state index < -0.39 is 0 Å². The zero-order valence-electron chi connectivity index (χ0n) is 10.8. The topological polar surface area (TPSA) is 38.7 Å². The molecule has 1 saturated heterocycles. The Balaban J connectivity index is 1.60. The molecule has 1 N–H and O–H groups in total. The van der Waals surface area contributed by atoms with Gasteiger partial charge in [0.25, 0.3) is 0 Å². The van der Waals surface area contributed by atoms with Crippen molar-refractivity contribution in [1.29, 1.82) is 0 Å². The Morgan fingerprint density at radius 2 is 2.22 bits per heavy atom. The number of aliphatic hydroxyl groups is 1. The zero-order chi connectivity index (χ0) is 12.5. The molecule has 1 aromatic carbocycles. The lowest BCUT2D eigenvalue weighted by molar-refractivity contribution is 0.0264. The summed E-state index contributed by atoms with van der Waals surface area (Å²) in [7, 11) is 0. The molecule has 0 amide bonds. The minimum atomic E-state index is -0.284. The maximum absolute atomic E-state index is 9.74. The van der Waals surface area contributed by atoms with Gasteiger partial charge >= 0.3 is 0 Å². The molecule has 3 rings (SSSR count). The predicted molar refractivity (Wildman–Crippen MR) is 68.8 cm³/mol. The van der Waals surface area contributed by atoms with Gasteiger partial charge in [0.15, 0.2) is 0 Å². The Hall–Kier alpha value is -1.06. The van der Waals surface area contributed by atoms with Crippen LogP contribution in [0.15, 0.2) is 18.2 Å². The molecule has 0 radical (unpaired) electrons. The van der Waals surface area contributed by atoms with Crippen LogP contribution >= 0.6 is 0 Å². The average molecular weight is 248 g/mol. The summed E-state index contributed by atoms with van der Waals surface area (Å²) >= 11 is 0. The third-order valence-corrected chi connectivity index (χ3v) is 3.92. The Bertz CT molecular complexity index is 430. The van der Waals surface area contributed by atoms with Crippen LogP contribution in [0, 0.1) is 0 Å². The van der Waals surface area contributed by atoms with Gasteiger partial charge in [-0.1, -0.05) is 6.07 Å². The molecule has 0 saturated carbocycles. The molecule has 1 aromatic rings. The van der Waals surface area contributed by atoms with Crippen molar-refractivity contribution >= 4 is 0 Å². The van der Waals surface area contributed by atoms with Crippen molar-refractivity contribution in [3.63, 3.8) is 0 Å². The van der Waals surface area contributed by atoms with Gasteiger partial charge in [-0.25, -0.2) is 0 Å². The molecule has 98 valence electrons. The third-order valence-electron chi connectivity index (χ3n) is 3.92. The fourth-order valence-electron chi connectivity index (χ4n) is 2.86. The van der Waals surface area contributed by atoms with Gasteiger partial charge < -0.3 is 14.6 Å². The number of aryl methyl sites for hydroxylation is 1. The van der Waals surface area contributed by atoms with E-state index in [0.29, 0.717) is 12.7 Å². The molecule has 0 aromatic heterocycles. The molecule has 3 atom stereocenters. The number of hydrogen-bond acceptors (Lipinski definition) is 3. The van der Waals surface area contributed by atoms with Crippen molar-refractivity contribution in [3.8, 4) is 5.75 Å². The van der Waals surface area contributed by atoms with E-state index in [4.69, 9.17) is 9.47 Å². The standard InChI is InChI=1S/C15H20O3/c1-10-2-4-13(18-10)9-17-12-5-6-14-11(8-12)3-7-15(14)16/h5-6,8,10,13,15-16H,2-4,7,9H2,1H3. The van der Waals surface area contributed by atoms with Crippen molar-refractivity contribution in [3.05, 3.63) is 29.3 Å². The summed E-state index contributed by atoms with van der Waals surface area (Å²) in [5, 5.41) is 9.74. The van der Waals surface area contributed by atoms with Gasteiger partial charge in [-0.2, -0.15) is 0 Å². The first-order valence-electron chi connectivity index (χ1n) is 6.81. The van der Waals surface area contributed by atoms with Crippen molar-refractivity contribution in [2.24, 2.45) is 0 Å². The smallest absolute Gasteiger partial charge is 0.119 e. The van der Waals surface area contributed by atoms with Crippen molar-refractivity contribution < 1.29 is 14.6 Å². The van der Waals surface area contributed by atoms with E-state index in [1.165, 1.54) is 5.56 Å². The molecule has 2 aliphatic rings. The van der Waals surface area contributed by atoms with Crippen LogP contribution in [0.5, 0.6) is 5.75 Å². The molecule has 3 unspecified atom stereocenters. The van der Waals surface area contributed by atoms with E-state index in [0.717, 1.165) is 37.0 Å². The van der Waals surface area contributed by atoms with Crippen LogP contribution in [0.1, 0.15) is 43.4 Å².